The van der Waals surface area contributed by atoms with Crippen molar-refractivity contribution in [3.8, 4) is 28.3 Å². The molecule has 0 fully saturated rings. The summed E-state index contributed by atoms with van der Waals surface area (Å²) in [5.74, 6) is 0. The molecule has 2 aromatic heterocycles. The number of aromatic amines is 2. The normalized spacial score (nSPS) is 11.5. The van der Waals surface area contributed by atoms with Crippen molar-refractivity contribution in [1.82, 2.24) is 9.97 Å². The van der Waals surface area contributed by atoms with Gasteiger partial charge >= 0.3 is 0 Å². The third-order valence-electron chi connectivity index (χ3n) is 6.96. The van der Waals surface area contributed by atoms with E-state index in [1.807, 2.05) is 54.6 Å². The van der Waals surface area contributed by atoms with E-state index in [1.54, 1.807) is 0 Å². The highest BCUT2D eigenvalue weighted by Crippen LogP contribution is 2.49. The lowest BCUT2D eigenvalue weighted by Crippen LogP contribution is -1.94. The number of hydrogen-bond acceptors (Lipinski definition) is 2. The molecule has 4 nitrogen and oxygen atoms in total. The Balaban J connectivity index is 1.85. The molecule has 0 saturated carbocycles. The van der Waals surface area contributed by atoms with Crippen LogP contribution in [0.4, 0.5) is 5.69 Å². The summed E-state index contributed by atoms with van der Waals surface area (Å²) >= 11 is 0. The zero-order valence-electron chi connectivity index (χ0n) is 18.8. The lowest BCUT2D eigenvalue weighted by Gasteiger charge is -2.15. The quantitative estimate of drug-likeness (QED) is 0.236. The van der Waals surface area contributed by atoms with Crippen molar-refractivity contribution >= 4 is 49.3 Å². The van der Waals surface area contributed by atoms with Gasteiger partial charge < -0.3 is 15.7 Å². The maximum Gasteiger partial charge on any atom is 0.0998 e. The third-order valence-corrected chi connectivity index (χ3v) is 6.96. The van der Waals surface area contributed by atoms with Crippen molar-refractivity contribution in [3.63, 3.8) is 0 Å². The van der Waals surface area contributed by atoms with Crippen molar-refractivity contribution in [2.75, 3.05) is 5.73 Å². The van der Waals surface area contributed by atoms with Crippen LogP contribution in [0.25, 0.3) is 65.9 Å². The number of nitrogen functional groups attached to an aromatic ring is 1. The number of nitrogens with two attached hydrogens (primary N) is 1. The minimum absolute atomic E-state index is 0.644. The number of rotatable bonds is 2. The number of anilines is 1. The summed E-state index contributed by atoms with van der Waals surface area (Å²) in [6.45, 7) is 0. The molecule has 0 aliphatic heterocycles. The molecule has 0 aliphatic carbocycles. The highest BCUT2D eigenvalue weighted by atomic mass is 14.7. The van der Waals surface area contributed by atoms with Crippen LogP contribution in [0.15, 0.2) is 97.1 Å². The van der Waals surface area contributed by atoms with E-state index in [-0.39, 0.29) is 0 Å². The van der Waals surface area contributed by atoms with Crippen LogP contribution >= 0.6 is 0 Å². The van der Waals surface area contributed by atoms with Gasteiger partial charge in [0.05, 0.1) is 22.7 Å². The van der Waals surface area contributed by atoms with E-state index in [9.17, 15) is 5.26 Å². The highest BCUT2D eigenvalue weighted by Gasteiger charge is 2.25. The second kappa shape index (κ2) is 7.24. The van der Waals surface area contributed by atoms with Crippen LogP contribution in [-0.2, 0) is 0 Å². The van der Waals surface area contributed by atoms with E-state index in [0.717, 1.165) is 71.6 Å². The number of nitriles is 1. The van der Waals surface area contributed by atoms with E-state index in [1.165, 1.54) is 0 Å². The molecule has 164 valence electrons. The molecule has 7 rings (SSSR count). The fourth-order valence-electron chi connectivity index (χ4n) is 5.49. The topological polar surface area (TPSA) is 81.4 Å². The maximum absolute atomic E-state index is 10.0. The van der Waals surface area contributed by atoms with Gasteiger partial charge in [0.1, 0.15) is 0 Å². The fourth-order valence-corrected chi connectivity index (χ4v) is 5.49. The number of aromatic nitrogens is 2. The minimum Gasteiger partial charge on any atom is -0.398 e. The standard InChI is InChI=1S/C31H20N4/c32-17-18-9-1-2-10-19(18)26-28-21-12-4-7-15-24(21)35-31(28)27(20-11-3-6-14-23(20)33)29-22-13-5-8-16-25(22)34-30(26)29/h1-16,34-35H,33H2. The molecule has 5 aromatic carbocycles. The van der Waals surface area contributed by atoms with Crippen LogP contribution in [-0.4, -0.2) is 9.97 Å². The highest BCUT2D eigenvalue weighted by molar-refractivity contribution is 6.32. The Morgan fingerprint density at radius 2 is 1.06 bits per heavy atom. The van der Waals surface area contributed by atoms with Crippen LogP contribution in [0.5, 0.6) is 0 Å². The molecular formula is C31H20N4. The number of nitrogens with one attached hydrogen (secondary N) is 2. The molecule has 0 unspecified atom stereocenters. The van der Waals surface area contributed by atoms with E-state index >= 15 is 0 Å². The molecule has 0 amide bonds. The van der Waals surface area contributed by atoms with Crippen LogP contribution in [0.3, 0.4) is 0 Å². The molecule has 0 saturated heterocycles. The second-order valence-electron chi connectivity index (χ2n) is 8.84. The van der Waals surface area contributed by atoms with Gasteiger partial charge in [-0.15, -0.1) is 0 Å². The Bertz CT molecular complexity index is 1980. The first kappa shape index (κ1) is 19.5. The second-order valence-corrected chi connectivity index (χ2v) is 8.84. The molecule has 7 aromatic rings. The van der Waals surface area contributed by atoms with Crippen molar-refractivity contribution < 1.29 is 0 Å². The summed E-state index contributed by atoms with van der Waals surface area (Å²) in [7, 11) is 0. The predicted octanol–water partition coefficient (Wildman–Crippen LogP) is 7.74. The molecule has 4 heteroatoms. The van der Waals surface area contributed by atoms with Crippen LogP contribution in [0, 0.1) is 11.3 Å². The Morgan fingerprint density at radius 3 is 1.66 bits per heavy atom. The first-order chi connectivity index (χ1) is 17.3. The largest absolute Gasteiger partial charge is 0.398 e. The van der Waals surface area contributed by atoms with Crippen molar-refractivity contribution in [2.45, 2.75) is 0 Å². The third kappa shape index (κ3) is 2.67. The van der Waals surface area contributed by atoms with Crippen LogP contribution in [0.2, 0.25) is 0 Å². The van der Waals surface area contributed by atoms with Crippen molar-refractivity contribution in [3.05, 3.63) is 103 Å². The number of para-hydroxylation sites is 3. The molecule has 4 N–H and O–H groups in total. The number of fused-ring (bicyclic) bond motifs is 6. The summed E-state index contributed by atoms with van der Waals surface area (Å²) < 4.78 is 0. The van der Waals surface area contributed by atoms with Gasteiger partial charge in [0.2, 0.25) is 0 Å². The molecule has 0 spiro atoms. The molecule has 35 heavy (non-hydrogen) atoms. The monoisotopic (exact) mass is 448 g/mol. The Kier molecular flexibility index (Phi) is 4.03. The van der Waals surface area contributed by atoms with Crippen LogP contribution < -0.4 is 5.73 Å². The van der Waals surface area contributed by atoms with Gasteiger partial charge in [-0.1, -0.05) is 72.8 Å². The average Bonchev–Trinajstić information content (AvgIpc) is 3.47. The van der Waals surface area contributed by atoms with E-state index < -0.39 is 0 Å². The van der Waals surface area contributed by atoms with E-state index in [2.05, 4.69) is 58.5 Å². The van der Waals surface area contributed by atoms with Gasteiger partial charge in [-0.2, -0.15) is 5.26 Å². The lowest BCUT2D eigenvalue weighted by atomic mass is 9.88. The van der Waals surface area contributed by atoms with Gasteiger partial charge in [-0.05, 0) is 24.3 Å². The zero-order valence-corrected chi connectivity index (χ0v) is 18.8. The van der Waals surface area contributed by atoms with Crippen molar-refractivity contribution in [1.29, 1.82) is 5.26 Å². The Labute approximate surface area is 201 Å². The van der Waals surface area contributed by atoms with Gasteiger partial charge in [0.15, 0.2) is 0 Å². The average molecular weight is 449 g/mol. The Morgan fingerprint density at radius 1 is 0.571 bits per heavy atom. The molecule has 2 heterocycles. The molecule has 0 aliphatic rings. The zero-order chi connectivity index (χ0) is 23.5. The molecule has 0 radical (unpaired) electrons. The van der Waals surface area contributed by atoms with E-state index in [4.69, 9.17) is 5.73 Å². The fraction of sp³-hybridized carbons (Fsp3) is 0. The number of benzene rings is 5. The minimum atomic E-state index is 0.644. The maximum atomic E-state index is 10.0. The van der Waals surface area contributed by atoms with Gasteiger partial charge in [0, 0.05) is 60.5 Å². The SMILES string of the molecule is N#Cc1ccccc1-c1c2[nH]c3ccccc3c2c(-c2ccccc2N)c2[nH]c3ccccc3c12. The smallest absolute Gasteiger partial charge is 0.0998 e. The predicted molar refractivity (Wildman–Crippen MR) is 145 cm³/mol. The van der Waals surface area contributed by atoms with Crippen LogP contribution in [0.1, 0.15) is 5.56 Å². The first-order valence-corrected chi connectivity index (χ1v) is 11.6. The summed E-state index contributed by atoms with van der Waals surface area (Å²) in [6.07, 6.45) is 0. The molecule has 0 atom stereocenters. The lowest BCUT2D eigenvalue weighted by molar-refractivity contribution is 1.48. The Hall–Kier alpha value is -5.01. The van der Waals surface area contributed by atoms with Gasteiger partial charge in [-0.3, -0.25) is 0 Å². The summed E-state index contributed by atoms with van der Waals surface area (Å²) in [6, 6.07) is 34.9. The summed E-state index contributed by atoms with van der Waals surface area (Å²) in [5, 5.41) is 14.4. The van der Waals surface area contributed by atoms with Gasteiger partial charge in [0.25, 0.3) is 0 Å². The molecule has 0 bridgehead atoms. The van der Waals surface area contributed by atoms with Gasteiger partial charge in [-0.25, -0.2) is 0 Å². The summed E-state index contributed by atoms with van der Waals surface area (Å²) in [4.78, 5) is 7.42. The van der Waals surface area contributed by atoms with E-state index in [0.29, 0.717) is 5.56 Å². The number of nitrogens with zero attached hydrogens (tertiary/aromatic N) is 1. The first-order valence-electron chi connectivity index (χ1n) is 11.6. The number of hydrogen-bond donors (Lipinski definition) is 3. The number of H-pyrrole nitrogens is 2. The van der Waals surface area contributed by atoms with Crippen molar-refractivity contribution in [2.24, 2.45) is 0 Å². The molecular weight excluding hydrogens is 428 g/mol. The summed E-state index contributed by atoms with van der Waals surface area (Å²) in [5.41, 5.74) is 16.0.